The second-order valence-corrected chi connectivity index (χ2v) is 6.77. The molecule has 0 saturated heterocycles. The summed E-state index contributed by atoms with van der Waals surface area (Å²) in [5, 5.41) is 9.07. The van der Waals surface area contributed by atoms with Gasteiger partial charge in [-0.2, -0.15) is 65.9 Å². The third-order valence-electron chi connectivity index (χ3n) is 4.25. The normalized spacial score (nSPS) is 17.7. The minimum Gasteiger partial charge on any atom is -0.460 e. The molecule has 0 aromatic carbocycles. The summed E-state index contributed by atoms with van der Waals surface area (Å²) in [4.78, 5) is 10.7. The van der Waals surface area contributed by atoms with Crippen molar-refractivity contribution in [2.45, 2.75) is 66.8 Å². The van der Waals surface area contributed by atoms with Crippen molar-refractivity contribution in [3.05, 3.63) is 12.7 Å². The molecule has 0 aliphatic rings. The van der Waals surface area contributed by atoms with Crippen LogP contribution in [0.25, 0.3) is 0 Å². The highest BCUT2D eigenvalue weighted by Gasteiger charge is 2.92. The molecule has 0 saturated carbocycles. The van der Waals surface area contributed by atoms with Crippen molar-refractivity contribution in [3.8, 4) is 0 Å². The van der Waals surface area contributed by atoms with Gasteiger partial charge in [0.15, 0.2) is 0 Å². The number of hydrogen-bond acceptors (Lipinski definition) is 3. The Hall–Kier alpha value is -1.95. The van der Waals surface area contributed by atoms with Crippen LogP contribution in [0.1, 0.15) is 13.3 Å². The Balaban J connectivity index is 6.39. The van der Waals surface area contributed by atoms with Crippen LogP contribution in [0.4, 0.5) is 70.2 Å². The second kappa shape index (κ2) is 8.92. The maximum atomic E-state index is 13.9. The lowest BCUT2D eigenvalue weighted by Gasteiger charge is -2.45. The summed E-state index contributed by atoms with van der Waals surface area (Å²) in [7, 11) is 0. The van der Waals surface area contributed by atoms with Gasteiger partial charge in [0.05, 0.1) is 6.10 Å². The van der Waals surface area contributed by atoms with Gasteiger partial charge in [-0.1, -0.05) is 6.58 Å². The summed E-state index contributed by atoms with van der Waals surface area (Å²) in [6.45, 7) is -0.664. The highest BCUT2D eigenvalue weighted by molar-refractivity contribution is 5.81. The van der Waals surface area contributed by atoms with Crippen LogP contribution in [0.3, 0.4) is 0 Å². The van der Waals surface area contributed by atoms with Gasteiger partial charge in [0.25, 0.3) is 0 Å². The Bertz CT molecular complexity index is 755. The molecule has 0 fully saturated rings. The van der Waals surface area contributed by atoms with Gasteiger partial charge in [-0.05, 0) is 6.92 Å². The summed E-state index contributed by atoms with van der Waals surface area (Å²) in [5.41, 5.74) is -7.22. The van der Waals surface area contributed by atoms with Gasteiger partial charge in [-0.15, -0.1) is 0 Å². The van der Waals surface area contributed by atoms with Crippen molar-refractivity contribution in [2.75, 3.05) is 6.61 Å². The molecule has 202 valence electrons. The van der Waals surface area contributed by atoms with E-state index in [1.54, 1.807) is 0 Å². The summed E-state index contributed by atoms with van der Waals surface area (Å²) < 4.78 is 217. The molecule has 19 heteroatoms. The monoisotopic (exact) mass is 544 g/mol. The van der Waals surface area contributed by atoms with Crippen molar-refractivity contribution in [2.24, 2.45) is 0 Å². The fourth-order valence-corrected chi connectivity index (χ4v) is 2.11. The van der Waals surface area contributed by atoms with Crippen LogP contribution in [0.2, 0.25) is 0 Å². The Morgan fingerprint density at radius 3 is 1.50 bits per heavy atom. The number of alkyl halides is 16. The van der Waals surface area contributed by atoms with E-state index in [9.17, 15) is 75.0 Å². The van der Waals surface area contributed by atoms with Gasteiger partial charge in [0.2, 0.25) is 5.67 Å². The van der Waals surface area contributed by atoms with E-state index in [1.165, 1.54) is 0 Å². The van der Waals surface area contributed by atoms with Gasteiger partial charge in [-0.3, -0.25) is 0 Å². The smallest absolute Gasteiger partial charge is 0.460 e. The number of hydrogen-bond donors (Lipinski definition) is 1. The number of esters is 1. The zero-order chi connectivity index (χ0) is 28.0. The van der Waals surface area contributed by atoms with Gasteiger partial charge in [0.1, 0.15) is 6.61 Å². The Kier molecular flexibility index (Phi) is 8.41. The average molecular weight is 544 g/mol. The molecule has 0 aliphatic heterocycles. The van der Waals surface area contributed by atoms with Crippen LogP contribution in [0.15, 0.2) is 12.7 Å². The van der Waals surface area contributed by atoms with Crippen molar-refractivity contribution < 1.29 is 84.9 Å². The lowest BCUT2D eigenvalue weighted by atomic mass is 9.81. The van der Waals surface area contributed by atoms with Crippen LogP contribution < -0.4 is 0 Å². The topological polar surface area (TPSA) is 46.5 Å². The van der Waals surface area contributed by atoms with E-state index < -0.39 is 79.4 Å². The quantitative estimate of drug-likeness (QED) is 0.210. The van der Waals surface area contributed by atoms with Crippen molar-refractivity contribution in [1.82, 2.24) is 0 Å². The fourth-order valence-electron chi connectivity index (χ4n) is 2.11. The van der Waals surface area contributed by atoms with Gasteiger partial charge in [0, 0.05) is 12.5 Å². The number of carbonyl (C=O) groups excluding carboxylic acids is 1. The standard InChI is InChI=1S/C15H12F16O3/c1-3-7(33)34-5-6(32)4-9(17,18)12(23,24)13(25,26)10(19,20)8(2,16)11(21,22)14(27,28)15(29,30)31/h3,6,32H,1,4-5H2,2H3. The third kappa shape index (κ3) is 4.75. The van der Waals surface area contributed by atoms with Gasteiger partial charge in [-0.25, -0.2) is 9.18 Å². The van der Waals surface area contributed by atoms with E-state index in [1.807, 2.05) is 0 Å². The number of aliphatic hydroxyl groups is 1. The van der Waals surface area contributed by atoms with E-state index in [0.717, 1.165) is 0 Å². The van der Waals surface area contributed by atoms with Gasteiger partial charge >= 0.3 is 47.7 Å². The number of aliphatic hydroxyl groups excluding tert-OH is 1. The molecule has 0 bridgehead atoms. The predicted octanol–water partition coefficient (Wildman–Crippen LogP) is 5.57. The molecule has 0 radical (unpaired) electrons. The number of rotatable bonds is 11. The fraction of sp³-hybridized carbons (Fsp3) is 0.800. The largest absolute Gasteiger partial charge is 0.460 e. The lowest BCUT2D eigenvalue weighted by molar-refractivity contribution is -0.436. The summed E-state index contributed by atoms with van der Waals surface area (Å²) in [6.07, 6.45) is -13.3. The first-order chi connectivity index (χ1) is 14.6. The third-order valence-corrected chi connectivity index (χ3v) is 4.25. The molecule has 2 atom stereocenters. The van der Waals surface area contributed by atoms with Crippen LogP contribution in [0.5, 0.6) is 0 Å². The number of carbonyl (C=O) groups is 1. The Morgan fingerprint density at radius 2 is 1.15 bits per heavy atom. The average Bonchev–Trinajstić information content (AvgIpc) is 2.63. The molecule has 0 rings (SSSR count). The van der Waals surface area contributed by atoms with Crippen molar-refractivity contribution in [1.29, 1.82) is 0 Å². The van der Waals surface area contributed by atoms with Gasteiger partial charge < -0.3 is 9.84 Å². The highest BCUT2D eigenvalue weighted by atomic mass is 19.4. The second-order valence-electron chi connectivity index (χ2n) is 6.77. The maximum absolute atomic E-state index is 13.9. The van der Waals surface area contributed by atoms with Crippen molar-refractivity contribution >= 4 is 5.97 Å². The Morgan fingerprint density at radius 1 is 0.765 bits per heavy atom. The SMILES string of the molecule is C=CC(=O)OCC(O)CC(F)(F)C(F)(F)C(F)(F)C(F)(F)C(C)(F)C(F)(F)C(F)(F)C(F)(F)F. The van der Waals surface area contributed by atoms with E-state index >= 15 is 0 Å². The number of halogens is 16. The molecule has 0 aromatic rings. The zero-order valence-corrected chi connectivity index (χ0v) is 16.1. The first-order valence-corrected chi connectivity index (χ1v) is 8.10. The zero-order valence-electron chi connectivity index (χ0n) is 16.1. The number of ether oxygens (including phenoxy) is 1. The van der Waals surface area contributed by atoms with E-state index in [0.29, 0.717) is 6.08 Å². The van der Waals surface area contributed by atoms with Crippen LogP contribution in [-0.4, -0.2) is 71.2 Å². The molecule has 1 N–H and O–H groups in total. The highest BCUT2D eigenvalue weighted by Crippen LogP contribution is 2.63. The van der Waals surface area contributed by atoms with Crippen molar-refractivity contribution in [3.63, 3.8) is 0 Å². The summed E-state index contributed by atoms with van der Waals surface area (Å²) in [5.74, 6) is -47.6. The Labute approximate surface area is 178 Å². The minimum atomic E-state index is -8.07. The maximum Gasteiger partial charge on any atom is 0.460 e. The molecule has 34 heavy (non-hydrogen) atoms. The van der Waals surface area contributed by atoms with Crippen LogP contribution in [0, 0.1) is 0 Å². The molecule has 0 aromatic heterocycles. The van der Waals surface area contributed by atoms with E-state index in [2.05, 4.69) is 11.3 Å². The molecule has 2 unspecified atom stereocenters. The minimum absolute atomic E-state index is 0.327. The molecular formula is C15H12F16O3. The van der Waals surface area contributed by atoms with E-state index in [4.69, 9.17) is 5.11 Å². The molecule has 0 aliphatic carbocycles. The van der Waals surface area contributed by atoms with Crippen LogP contribution >= 0.6 is 0 Å². The molecular weight excluding hydrogens is 532 g/mol. The predicted molar refractivity (Wildman–Crippen MR) is 77.0 cm³/mol. The van der Waals surface area contributed by atoms with E-state index in [-0.39, 0.29) is 0 Å². The summed E-state index contributed by atoms with van der Waals surface area (Å²) in [6, 6.07) is 0. The molecule has 0 heterocycles. The molecule has 0 amide bonds. The summed E-state index contributed by atoms with van der Waals surface area (Å²) >= 11 is 0. The first-order valence-electron chi connectivity index (χ1n) is 8.10. The first kappa shape index (κ1) is 32.0. The molecule has 0 spiro atoms. The lowest BCUT2D eigenvalue weighted by Crippen LogP contribution is -2.75. The van der Waals surface area contributed by atoms with Crippen LogP contribution in [-0.2, 0) is 9.53 Å². The molecule has 3 nitrogen and oxygen atoms in total.